The Morgan fingerprint density at radius 1 is 1.25 bits per heavy atom. The molecule has 0 radical (unpaired) electrons. The number of amides is 1. The maximum atomic E-state index is 11.3. The zero-order valence-corrected chi connectivity index (χ0v) is 9.23. The predicted molar refractivity (Wildman–Crippen MR) is 64.8 cm³/mol. The highest BCUT2D eigenvalue weighted by Crippen LogP contribution is 2.00. The fourth-order valence-corrected chi connectivity index (χ4v) is 1.24. The first-order valence-corrected chi connectivity index (χ1v) is 5.45. The van der Waals surface area contributed by atoms with Gasteiger partial charge in [0, 0.05) is 19.2 Å². The summed E-state index contributed by atoms with van der Waals surface area (Å²) in [5.74, 6) is -0.0956. The van der Waals surface area contributed by atoms with Gasteiger partial charge in [-0.1, -0.05) is 30.3 Å². The van der Waals surface area contributed by atoms with Gasteiger partial charge in [-0.05, 0) is 24.5 Å². The van der Waals surface area contributed by atoms with Crippen molar-refractivity contribution in [3.63, 3.8) is 0 Å². The first-order chi connectivity index (χ1) is 7.83. The summed E-state index contributed by atoms with van der Waals surface area (Å²) in [5, 5.41) is 11.3. The zero-order chi connectivity index (χ0) is 11.6. The minimum absolute atomic E-state index is 0.0956. The molecule has 0 aromatic heterocycles. The van der Waals surface area contributed by atoms with E-state index in [1.807, 2.05) is 30.3 Å². The number of aliphatic hydroxyl groups excluding tert-OH is 1. The van der Waals surface area contributed by atoms with Crippen molar-refractivity contribution in [2.24, 2.45) is 0 Å². The molecule has 1 amide bonds. The van der Waals surface area contributed by atoms with Gasteiger partial charge in [-0.2, -0.15) is 0 Å². The van der Waals surface area contributed by atoms with Crippen molar-refractivity contribution in [1.82, 2.24) is 5.32 Å². The topological polar surface area (TPSA) is 49.3 Å². The number of carbonyl (C=O) groups is 1. The van der Waals surface area contributed by atoms with Crippen LogP contribution in [-0.4, -0.2) is 24.2 Å². The summed E-state index contributed by atoms with van der Waals surface area (Å²) in [5.41, 5.74) is 1.01. The van der Waals surface area contributed by atoms with E-state index in [1.165, 1.54) is 6.08 Å². The number of unbranched alkanes of at least 4 members (excludes halogenated alkanes) is 1. The number of rotatable bonds is 6. The third kappa shape index (κ3) is 5.32. The van der Waals surface area contributed by atoms with Gasteiger partial charge < -0.3 is 10.4 Å². The standard InChI is InChI=1S/C13H17NO2/c15-11-5-4-10-14-13(16)9-8-12-6-2-1-3-7-12/h1-3,6-9,15H,4-5,10-11H2,(H,14,16). The van der Waals surface area contributed by atoms with Crippen LogP contribution in [0.4, 0.5) is 0 Å². The molecule has 1 aromatic carbocycles. The highest BCUT2D eigenvalue weighted by atomic mass is 16.2. The van der Waals surface area contributed by atoms with Crippen LogP contribution in [-0.2, 0) is 4.79 Å². The average molecular weight is 219 g/mol. The van der Waals surface area contributed by atoms with Crippen molar-refractivity contribution in [1.29, 1.82) is 0 Å². The maximum absolute atomic E-state index is 11.3. The molecule has 0 heterocycles. The molecule has 2 N–H and O–H groups in total. The van der Waals surface area contributed by atoms with Gasteiger partial charge >= 0.3 is 0 Å². The molecule has 0 unspecified atom stereocenters. The van der Waals surface area contributed by atoms with Crippen molar-refractivity contribution in [3.05, 3.63) is 42.0 Å². The van der Waals surface area contributed by atoms with Crippen molar-refractivity contribution >= 4 is 12.0 Å². The molecule has 0 aliphatic heterocycles. The second-order valence-electron chi connectivity index (χ2n) is 3.47. The third-order valence-electron chi connectivity index (χ3n) is 2.11. The number of aliphatic hydroxyl groups is 1. The highest BCUT2D eigenvalue weighted by molar-refractivity contribution is 5.91. The minimum atomic E-state index is -0.0956. The lowest BCUT2D eigenvalue weighted by atomic mass is 10.2. The molecule has 0 saturated heterocycles. The van der Waals surface area contributed by atoms with E-state index in [0.29, 0.717) is 6.54 Å². The predicted octanol–water partition coefficient (Wildman–Crippen LogP) is 1.59. The monoisotopic (exact) mass is 219 g/mol. The van der Waals surface area contributed by atoms with E-state index in [4.69, 9.17) is 5.11 Å². The number of carbonyl (C=O) groups excluding carboxylic acids is 1. The summed E-state index contributed by atoms with van der Waals surface area (Å²) < 4.78 is 0. The Balaban J connectivity index is 2.26. The lowest BCUT2D eigenvalue weighted by Crippen LogP contribution is -2.22. The Bertz CT molecular complexity index is 333. The Morgan fingerprint density at radius 3 is 2.69 bits per heavy atom. The normalized spacial score (nSPS) is 10.6. The van der Waals surface area contributed by atoms with Gasteiger partial charge in [0.2, 0.25) is 5.91 Å². The first kappa shape index (κ1) is 12.5. The van der Waals surface area contributed by atoms with Crippen molar-refractivity contribution in [3.8, 4) is 0 Å². The molecule has 3 nitrogen and oxygen atoms in total. The summed E-state index contributed by atoms with van der Waals surface area (Å²) in [4.78, 5) is 11.3. The molecule has 1 rings (SSSR count). The van der Waals surface area contributed by atoms with Crippen LogP contribution in [0.3, 0.4) is 0 Å². The second kappa shape index (κ2) is 7.65. The fraction of sp³-hybridized carbons (Fsp3) is 0.308. The Labute approximate surface area is 95.8 Å². The van der Waals surface area contributed by atoms with E-state index in [0.717, 1.165) is 18.4 Å². The summed E-state index contributed by atoms with van der Waals surface area (Å²) in [6.45, 7) is 0.786. The van der Waals surface area contributed by atoms with E-state index in [1.54, 1.807) is 6.08 Å². The molecule has 0 saturated carbocycles. The lowest BCUT2D eigenvalue weighted by molar-refractivity contribution is -0.116. The van der Waals surface area contributed by atoms with E-state index in [2.05, 4.69) is 5.32 Å². The number of nitrogens with one attached hydrogen (secondary N) is 1. The van der Waals surface area contributed by atoms with Gasteiger partial charge in [0.1, 0.15) is 0 Å². The van der Waals surface area contributed by atoms with E-state index in [9.17, 15) is 4.79 Å². The number of hydrogen-bond donors (Lipinski definition) is 2. The molecule has 0 atom stereocenters. The Hall–Kier alpha value is -1.61. The summed E-state index contributed by atoms with van der Waals surface area (Å²) in [6.07, 6.45) is 4.83. The van der Waals surface area contributed by atoms with E-state index < -0.39 is 0 Å². The Kier molecular flexibility index (Phi) is 5.96. The van der Waals surface area contributed by atoms with Crippen LogP contribution < -0.4 is 5.32 Å². The molecule has 0 fully saturated rings. The van der Waals surface area contributed by atoms with Crippen molar-refractivity contribution in [2.75, 3.05) is 13.2 Å². The SMILES string of the molecule is O=C(C=Cc1ccccc1)NCCCCO. The molecule has 86 valence electrons. The average Bonchev–Trinajstić information content (AvgIpc) is 2.33. The highest BCUT2D eigenvalue weighted by Gasteiger charge is 1.93. The molecule has 0 aliphatic rings. The van der Waals surface area contributed by atoms with Crippen LogP contribution in [0.2, 0.25) is 0 Å². The lowest BCUT2D eigenvalue weighted by Gasteiger charge is -2.00. The van der Waals surface area contributed by atoms with Crippen LogP contribution in [0.25, 0.3) is 6.08 Å². The summed E-state index contributed by atoms with van der Waals surface area (Å²) in [7, 11) is 0. The van der Waals surface area contributed by atoms with E-state index >= 15 is 0 Å². The van der Waals surface area contributed by atoms with Crippen LogP contribution in [0.1, 0.15) is 18.4 Å². The molecule has 1 aromatic rings. The van der Waals surface area contributed by atoms with Gasteiger partial charge in [-0.3, -0.25) is 4.79 Å². The molecule has 0 aliphatic carbocycles. The maximum Gasteiger partial charge on any atom is 0.243 e. The van der Waals surface area contributed by atoms with Crippen LogP contribution >= 0.6 is 0 Å². The van der Waals surface area contributed by atoms with Gasteiger partial charge in [-0.25, -0.2) is 0 Å². The molecule has 3 heteroatoms. The van der Waals surface area contributed by atoms with E-state index in [-0.39, 0.29) is 12.5 Å². The first-order valence-electron chi connectivity index (χ1n) is 5.45. The fourth-order valence-electron chi connectivity index (χ4n) is 1.24. The molecule has 0 bridgehead atoms. The molecular weight excluding hydrogens is 202 g/mol. The summed E-state index contributed by atoms with van der Waals surface area (Å²) in [6, 6.07) is 9.68. The van der Waals surface area contributed by atoms with Gasteiger partial charge in [0.15, 0.2) is 0 Å². The quantitative estimate of drug-likeness (QED) is 0.564. The largest absolute Gasteiger partial charge is 0.396 e. The minimum Gasteiger partial charge on any atom is -0.396 e. The number of hydrogen-bond acceptors (Lipinski definition) is 2. The van der Waals surface area contributed by atoms with Crippen molar-refractivity contribution in [2.45, 2.75) is 12.8 Å². The molecule has 16 heavy (non-hydrogen) atoms. The zero-order valence-electron chi connectivity index (χ0n) is 9.23. The summed E-state index contributed by atoms with van der Waals surface area (Å²) >= 11 is 0. The van der Waals surface area contributed by atoms with Crippen LogP contribution in [0.15, 0.2) is 36.4 Å². The number of benzene rings is 1. The smallest absolute Gasteiger partial charge is 0.243 e. The van der Waals surface area contributed by atoms with Gasteiger partial charge in [0.25, 0.3) is 0 Å². The van der Waals surface area contributed by atoms with Gasteiger partial charge in [-0.15, -0.1) is 0 Å². The second-order valence-corrected chi connectivity index (χ2v) is 3.47. The molecular formula is C13H17NO2. The third-order valence-corrected chi connectivity index (χ3v) is 2.11. The van der Waals surface area contributed by atoms with Crippen LogP contribution in [0.5, 0.6) is 0 Å². The van der Waals surface area contributed by atoms with Gasteiger partial charge in [0.05, 0.1) is 0 Å². The molecule has 0 spiro atoms. The Morgan fingerprint density at radius 2 is 2.00 bits per heavy atom. The van der Waals surface area contributed by atoms with Crippen LogP contribution in [0, 0.1) is 0 Å². The van der Waals surface area contributed by atoms with Crippen molar-refractivity contribution < 1.29 is 9.90 Å².